The standard InChI is InChI=1S/C21H24N2O3/c1-16-6-2-3-7-17(16)12-20(24)23-14-21(15-23)13-18(9-11-25-21)26-19-8-4-5-10-22-19/h2-8,10,18H,9,11-15H2,1H3/t18-/m1/s1. The lowest BCUT2D eigenvalue weighted by Gasteiger charge is -2.52. The summed E-state index contributed by atoms with van der Waals surface area (Å²) in [4.78, 5) is 18.7. The lowest BCUT2D eigenvalue weighted by atomic mass is 9.84. The van der Waals surface area contributed by atoms with Crippen molar-refractivity contribution in [2.45, 2.75) is 37.9 Å². The molecule has 2 aromatic rings. The summed E-state index contributed by atoms with van der Waals surface area (Å²) in [6, 6.07) is 13.7. The van der Waals surface area contributed by atoms with Crippen LogP contribution in [0.15, 0.2) is 48.7 Å². The third-order valence-electron chi connectivity index (χ3n) is 5.29. The van der Waals surface area contributed by atoms with Gasteiger partial charge in [0, 0.05) is 25.1 Å². The number of aromatic nitrogens is 1. The van der Waals surface area contributed by atoms with Gasteiger partial charge in [0.05, 0.1) is 26.1 Å². The number of hydrogen-bond acceptors (Lipinski definition) is 4. The molecular weight excluding hydrogens is 328 g/mol. The quantitative estimate of drug-likeness (QED) is 0.849. The van der Waals surface area contributed by atoms with Gasteiger partial charge in [-0.3, -0.25) is 4.79 Å². The fraction of sp³-hybridized carbons (Fsp3) is 0.429. The van der Waals surface area contributed by atoms with Gasteiger partial charge in [0.2, 0.25) is 11.8 Å². The maximum absolute atomic E-state index is 12.6. The predicted octanol–water partition coefficient (Wildman–Crippen LogP) is 2.77. The van der Waals surface area contributed by atoms with Crippen molar-refractivity contribution in [2.75, 3.05) is 19.7 Å². The van der Waals surface area contributed by atoms with E-state index in [0.29, 0.717) is 32.0 Å². The van der Waals surface area contributed by atoms with E-state index in [4.69, 9.17) is 9.47 Å². The molecule has 0 radical (unpaired) electrons. The van der Waals surface area contributed by atoms with Crippen molar-refractivity contribution >= 4 is 5.91 Å². The second-order valence-electron chi connectivity index (χ2n) is 7.29. The van der Waals surface area contributed by atoms with Gasteiger partial charge in [-0.15, -0.1) is 0 Å². The van der Waals surface area contributed by atoms with E-state index < -0.39 is 0 Å². The van der Waals surface area contributed by atoms with Gasteiger partial charge < -0.3 is 14.4 Å². The smallest absolute Gasteiger partial charge is 0.227 e. The second-order valence-corrected chi connectivity index (χ2v) is 7.29. The number of carbonyl (C=O) groups is 1. The van der Waals surface area contributed by atoms with Gasteiger partial charge in [0.1, 0.15) is 11.7 Å². The molecule has 1 aromatic heterocycles. The van der Waals surface area contributed by atoms with E-state index in [1.807, 2.05) is 54.3 Å². The highest BCUT2D eigenvalue weighted by Gasteiger charge is 2.49. The number of amides is 1. The highest BCUT2D eigenvalue weighted by atomic mass is 16.5. The van der Waals surface area contributed by atoms with Crippen LogP contribution in [0.1, 0.15) is 24.0 Å². The average molecular weight is 352 g/mol. The van der Waals surface area contributed by atoms with Crippen LogP contribution in [-0.2, 0) is 16.0 Å². The van der Waals surface area contributed by atoms with Crippen LogP contribution >= 0.6 is 0 Å². The first kappa shape index (κ1) is 17.0. The fourth-order valence-electron chi connectivity index (χ4n) is 3.80. The summed E-state index contributed by atoms with van der Waals surface area (Å²) in [5, 5.41) is 0. The second kappa shape index (κ2) is 7.08. The first-order valence-corrected chi connectivity index (χ1v) is 9.17. The van der Waals surface area contributed by atoms with Crippen LogP contribution < -0.4 is 4.74 Å². The van der Waals surface area contributed by atoms with Crippen molar-refractivity contribution in [1.29, 1.82) is 0 Å². The largest absolute Gasteiger partial charge is 0.474 e. The number of benzene rings is 1. The van der Waals surface area contributed by atoms with Gasteiger partial charge in [0.15, 0.2) is 0 Å². The Morgan fingerprint density at radius 2 is 2.08 bits per heavy atom. The molecule has 3 heterocycles. The minimum atomic E-state index is -0.251. The zero-order chi connectivity index (χ0) is 18.0. The Hall–Kier alpha value is -2.40. The summed E-state index contributed by atoms with van der Waals surface area (Å²) in [7, 11) is 0. The lowest BCUT2D eigenvalue weighted by Crippen LogP contribution is -2.67. The average Bonchev–Trinajstić information content (AvgIpc) is 2.62. The Kier molecular flexibility index (Phi) is 4.64. The summed E-state index contributed by atoms with van der Waals surface area (Å²) in [5.74, 6) is 0.822. The van der Waals surface area contributed by atoms with E-state index in [1.54, 1.807) is 6.20 Å². The molecule has 0 unspecified atom stereocenters. The maximum Gasteiger partial charge on any atom is 0.227 e. The molecule has 2 fully saturated rings. The van der Waals surface area contributed by atoms with Crippen LogP contribution in [-0.4, -0.2) is 47.2 Å². The Morgan fingerprint density at radius 1 is 1.27 bits per heavy atom. The summed E-state index contributed by atoms with van der Waals surface area (Å²) in [6.45, 7) is 4.01. The number of likely N-dealkylation sites (tertiary alicyclic amines) is 1. The number of nitrogens with zero attached hydrogens (tertiary/aromatic N) is 2. The third-order valence-corrected chi connectivity index (χ3v) is 5.29. The van der Waals surface area contributed by atoms with Crippen molar-refractivity contribution < 1.29 is 14.3 Å². The highest BCUT2D eigenvalue weighted by Crippen LogP contribution is 2.35. The fourth-order valence-corrected chi connectivity index (χ4v) is 3.80. The summed E-state index contributed by atoms with van der Waals surface area (Å²) in [5.41, 5.74) is 2.01. The molecule has 0 aliphatic carbocycles. The number of carbonyl (C=O) groups excluding carboxylic acids is 1. The number of hydrogen-bond donors (Lipinski definition) is 0. The Morgan fingerprint density at radius 3 is 2.85 bits per heavy atom. The minimum Gasteiger partial charge on any atom is -0.474 e. The highest BCUT2D eigenvalue weighted by molar-refractivity contribution is 5.80. The molecule has 5 nitrogen and oxygen atoms in total. The van der Waals surface area contributed by atoms with Gasteiger partial charge in [-0.2, -0.15) is 0 Å². The zero-order valence-electron chi connectivity index (χ0n) is 15.1. The van der Waals surface area contributed by atoms with Crippen molar-refractivity contribution in [3.8, 4) is 5.88 Å². The maximum atomic E-state index is 12.6. The molecule has 5 heteroatoms. The molecule has 1 atom stereocenters. The molecule has 1 aromatic carbocycles. The van der Waals surface area contributed by atoms with E-state index in [2.05, 4.69) is 4.98 Å². The molecule has 2 aliphatic rings. The first-order chi connectivity index (χ1) is 12.6. The zero-order valence-corrected chi connectivity index (χ0v) is 15.1. The minimum absolute atomic E-state index is 0.0901. The summed E-state index contributed by atoms with van der Waals surface area (Å²) in [6.07, 6.45) is 3.94. The first-order valence-electron chi connectivity index (χ1n) is 9.17. The van der Waals surface area contributed by atoms with Crippen LogP contribution in [0, 0.1) is 6.92 Å². The molecule has 2 saturated heterocycles. The molecular formula is C21H24N2O3. The topological polar surface area (TPSA) is 51.7 Å². The molecule has 0 bridgehead atoms. The lowest BCUT2D eigenvalue weighted by molar-refractivity contribution is -0.193. The third kappa shape index (κ3) is 3.58. The molecule has 1 amide bonds. The molecule has 0 N–H and O–H groups in total. The van der Waals surface area contributed by atoms with E-state index in [1.165, 1.54) is 0 Å². The van der Waals surface area contributed by atoms with E-state index in [9.17, 15) is 4.79 Å². The normalized spacial score (nSPS) is 21.3. The number of aryl methyl sites for hydroxylation is 1. The van der Waals surface area contributed by atoms with E-state index >= 15 is 0 Å². The number of rotatable bonds is 4. The van der Waals surface area contributed by atoms with Gasteiger partial charge >= 0.3 is 0 Å². The van der Waals surface area contributed by atoms with Crippen molar-refractivity contribution in [3.63, 3.8) is 0 Å². The van der Waals surface area contributed by atoms with Crippen LogP contribution in [0.2, 0.25) is 0 Å². The van der Waals surface area contributed by atoms with Crippen LogP contribution in [0.4, 0.5) is 0 Å². The molecule has 1 spiro atoms. The van der Waals surface area contributed by atoms with Gasteiger partial charge in [0.25, 0.3) is 0 Å². The van der Waals surface area contributed by atoms with E-state index in [0.717, 1.165) is 24.0 Å². The Labute approximate surface area is 153 Å². The van der Waals surface area contributed by atoms with Gasteiger partial charge in [-0.25, -0.2) is 4.98 Å². The Balaban J connectivity index is 1.32. The predicted molar refractivity (Wildman–Crippen MR) is 98.0 cm³/mol. The van der Waals surface area contributed by atoms with Crippen molar-refractivity contribution in [2.24, 2.45) is 0 Å². The van der Waals surface area contributed by atoms with E-state index in [-0.39, 0.29) is 17.6 Å². The Bertz CT molecular complexity index is 772. The summed E-state index contributed by atoms with van der Waals surface area (Å²) < 4.78 is 12.0. The van der Waals surface area contributed by atoms with Crippen molar-refractivity contribution in [3.05, 3.63) is 59.8 Å². The number of ether oxygens (including phenoxy) is 2. The SMILES string of the molecule is Cc1ccccc1CC(=O)N1CC2(C[C@H](Oc3ccccn3)CCO2)C1. The van der Waals surface area contributed by atoms with Gasteiger partial charge in [-0.05, 0) is 24.1 Å². The molecule has 4 rings (SSSR count). The molecule has 2 aliphatic heterocycles. The van der Waals surface area contributed by atoms with Crippen LogP contribution in [0.25, 0.3) is 0 Å². The molecule has 136 valence electrons. The molecule has 0 saturated carbocycles. The van der Waals surface area contributed by atoms with Crippen LogP contribution in [0.5, 0.6) is 5.88 Å². The van der Waals surface area contributed by atoms with Gasteiger partial charge in [-0.1, -0.05) is 30.3 Å². The number of pyridine rings is 1. The van der Waals surface area contributed by atoms with Crippen molar-refractivity contribution in [1.82, 2.24) is 9.88 Å². The summed E-state index contributed by atoms with van der Waals surface area (Å²) >= 11 is 0. The monoisotopic (exact) mass is 352 g/mol. The van der Waals surface area contributed by atoms with Crippen LogP contribution in [0.3, 0.4) is 0 Å². The molecule has 26 heavy (non-hydrogen) atoms.